The van der Waals surface area contributed by atoms with Gasteiger partial charge in [-0.2, -0.15) is 0 Å². The van der Waals surface area contributed by atoms with Crippen LogP contribution < -0.4 is 4.90 Å². The van der Waals surface area contributed by atoms with Crippen LogP contribution in [-0.2, 0) is 0 Å². The zero-order chi connectivity index (χ0) is 43.6. The SMILES string of the molecule is c1ccc(-c2cc3ccccc3cc2-c2ccc(N(c3ccc(-c4ccc5c6ccc7ccccc7c6n(-c6ccccc6)c5c4)cc3)c3ccc4ccc5ccccc5c4c3)cc2)cc1. The van der Waals surface area contributed by atoms with Crippen molar-refractivity contribution in [1.82, 2.24) is 4.57 Å². The molecule has 1 heterocycles. The quantitative estimate of drug-likeness (QED) is 0.145. The highest BCUT2D eigenvalue weighted by Gasteiger charge is 2.19. The number of fused-ring (bicyclic) bond motifs is 9. The maximum absolute atomic E-state index is 2.44. The lowest BCUT2D eigenvalue weighted by Gasteiger charge is -2.26. The van der Waals surface area contributed by atoms with Gasteiger partial charge in [-0.15, -0.1) is 0 Å². The molecule has 0 radical (unpaired) electrons. The molecule has 0 aliphatic carbocycles. The van der Waals surface area contributed by atoms with Crippen molar-refractivity contribution < 1.29 is 0 Å². The summed E-state index contributed by atoms with van der Waals surface area (Å²) in [6.45, 7) is 0. The standard InChI is InChI=1S/C64H42N2/c1-3-13-44(14-4-1)60-39-49-17-7-8-18-50(49)40-61(60)48-27-34-54(35-28-48)65(55-36-29-47-24-23-45-15-9-11-21-56(45)62(47)42-55)53-32-25-43(26-33-53)51-31-37-58-59-38-30-46-16-10-12-22-57(46)64(59)66(63(58)41-51)52-19-5-2-6-20-52/h1-42H. The van der Waals surface area contributed by atoms with E-state index in [0.717, 1.165) is 22.7 Å². The van der Waals surface area contributed by atoms with E-state index in [2.05, 4.69) is 264 Å². The zero-order valence-corrected chi connectivity index (χ0v) is 36.1. The third kappa shape index (κ3) is 6.34. The Labute approximate surface area is 383 Å². The molecule has 0 amide bonds. The summed E-state index contributed by atoms with van der Waals surface area (Å²) >= 11 is 0. The largest absolute Gasteiger partial charge is 0.310 e. The van der Waals surface area contributed by atoms with Crippen LogP contribution in [0.1, 0.15) is 0 Å². The number of hydrogen-bond donors (Lipinski definition) is 0. The summed E-state index contributed by atoms with van der Waals surface area (Å²) in [5, 5.41) is 12.4. The van der Waals surface area contributed by atoms with Crippen molar-refractivity contribution in [2.45, 2.75) is 0 Å². The highest BCUT2D eigenvalue weighted by Crippen LogP contribution is 2.43. The second-order valence-corrected chi connectivity index (χ2v) is 17.3. The van der Waals surface area contributed by atoms with Crippen molar-refractivity contribution >= 4 is 82.0 Å². The van der Waals surface area contributed by atoms with E-state index in [1.165, 1.54) is 98.3 Å². The second-order valence-electron chi connectivity index (χ2n) is 17.3. The fourth-order valence-corrected chi connectivity index (χ4v) is 10.3. The third-order valence-corrected chi connectivity index (χ3v) is 13.5. The monoisotopic (exact) mass is 838 g/mol. The Morgan fingerprint density at radius 1 is 0.258 bits per heavy atom. The molecule has 0 saturated heterocycles. The highest BCUT2D eigenvalue weighted by molar-refractivity contribution is 6.19. The Bertz CT molecular complexity index is 3960. The minimum atomic E-state index is 1.09. The highest BCUT2D eigenvalue weighted by atomic mass is 15.1. The van der Waals surface area contributed by atoms with Gasteiger partial charge in [0.25, 0.3) is 0 Å². The number of aromatic nitrogens is 1. The Kier molecular flexibility index (Phi) is 8.89. The molecule has 0 aliphatic heterocycles. The Morgan fingerprint density at radius 2 is 0.727 bits per heavy atom. The molecular formula is C64H42N2. The van der Waals surface area contributed by atoms with Gasteiger partial charge in [0, 0.05) is 38.9 Å². The van der Waals surface area contributed by atoms with E-state index < -0.39 is 0 Å². The molecule has 0 saturated carbocycles. The number of benzene rings is 12. The molecule has 0 fully saturated rings. The molecule has 2 nitrogen and oxygen atoms in total. The molecule has 66 heavy (non-hydrogen) atoms. The van der Waals surface area contributed by atoms with E-state index >= 15 is 0 Å². The molecule has 0 aliphatic rings. The molecule has 13 aromatic rings. The van der Waals surface area contributed by atoms with E-state index in [1.54, 1.807) is 0 Å². The van der Waals surface area contributed by atoms with Gasteiger partial charge < -0.3 is 9.47 Å². The molecular weight excluding hydrogens is 797 g/mol. The van der Waals surface area contributed by atoms with Crippen LogP contribution >= 0.6 is 0 Å². The molecule has 0 atom stereocenters. The predicted molar refractivity (Wildman–Crippen MR) is 282 cm³/mol. The number of rotatable bonds is 7. The first-order valence-corrected chi connectivity index (χ1v) is 22.7. The summed E-state index contributed by atoms with van der Waals surface area (Å²) in [5.41, 5.74) is 14.1. The van der Waals surface area contributed by atoms with Crippen LogP contribution in [0.4, 0.5) is 17.1 Å². The molecule has 0 N–H and O–H groups in total. The van der Waals surface area contributed by atoms with E-state index in [4.69, 9.17) is 0 Å². The van der Waals surface area contributed by atoms with Gasteiger partial charge in [0.2, 0.25) is 0 Å². The summed E-state index contributed by atoms with van der Waals surface area (Å²) in [5.74, 6) is 0. The van der Waals surface area contributed by atoms with Gasteiger partial charge in [-0.05, 0) is 138 Å². The van der Waals surface area contributed by atoms with Crippen LogP contribution in [-0.4, -0.2) is 4.57 Å². The Morgan fingerprint density at radius 3 is 1.41 bits per heavy atom. The lowest BCUT2D eigenvalue weighted by atomic mass is 9.91. The van der Waals surface area contributed by atoms with E-state index in [1.807, 2.05) is 0 Å². The lowest BCUT2D eigenvalue weighted by Crippen LogP contribution is -2.10. The maximum Gasteiger partial charge on any atom is 0.0619 e. The number of anilines is 3. The van der Waals surface area contributed by atoms with Gasteiger partial charge in [0.05, 0.1) is 11.0 Å². The average molecular weight is 839 g/mol. The van der Waals surface area contributed by atoms with Crippen LogP contribution in [0.3, 0.4) is 0 Å². The first kappa shape index (κ1) is 37.8. The molecule has 0 bridgehead atoms. The third-order valence-electron chi connectivity index (χ3n) is 13.5. The second kappa shape index (κ2) is 15.5. The van der Waals surface area contributed by atoms with Crippen molar-refractivity contribution in [3.8, 4) is 39.1 Å². The summed E-state index contributed by atoms with van der Waals surface area (Å²) in [4.78, 5) is 2.40. The van der Waals surface area contributed by atoms with Crippen molar-refractivity contribution in [2.24, 2.45) is 0 Å². The average Bonchev–Trinajstić information content (AvgIpc) is 3.73. The summed E-state index contributed by atoms with van der Waals surface area (Å²) in [6.07, 6.45) is 0. The molecule has 2 heteroatoms. The topological polar surface area (TPSA) is 8.17 Å². The van der Waals surface area contributed by atoms with Crippen molar-refractivity contribution in [1.29, 1.82) is 0 Å². The van der Waals surface area contributed by atoms with Crippen molar-refractivity contribution in [2.75, 3.05) is 4.90 Å². The zero-order valence-electron chi connectivity index (χ0n) is 36.1. The fourth-order valence-electron chi connectivity index (χ4n) is 10.3. The van der Waals surface area contributed by atoms with Crippen molar-refractivity contribution in [3.63, 3.8) is 0 Å². The minimum absolute atomic E-state index is 1.09. The lowest BCUT2D eigenvalue weighted by molar-refractivity contribution is 1.19. The van der Waals surface area contributed by atoms with Gasteiger partial charge in [0.1, 0.15) is 0 Å². The normalized spacial score (nSPS) is 11.6. The van der Waals surface area contributed by atoms with Gasteiger partial charge >= 0.3 is 0 Å². The van der Waals surface area contributed by atoms with Gasteiger partial charge in [-0.1, -0.05) is 188 Å². The smallest absolute Gasteiger partial charge is 0.0619 e. The summed E-state index contributed by atoms with van der Waals surface area (Å²) < 4.78 is 2.44. The first-order valence-electron chi connectivity index (χ1n) is 22.7. The molecule has 308 valence electrons. The van der Waals surface area contributed by atoms with Crippen LogP contribution in [0.5, 0.6) is 0 Å². The van der Waals surface area contributed by atoms with Crippen LogP contribution in [0, 0.1) is 0 Å². The van der Waals surface area contributed by atoms with E-state index in [0.29, 0.717) is 0 Å². The van der Waals surface area contributed by atoms with E-state index in [9.17, 15) is 0 Å². The van der Waals surface area contributed by atoms with Gasteiger partial charge in [0.15, 0.2) is 0 Å². The van der Waals surface area contributed by atoms with Gasteiger partial charge in [-0.3, -0.25) is 0 Å². The minimum Gasteiger partial charge on any atom is -0.310 e. The fraction of sp³-hybridized carbons (Fsp3) is 0. The maximum atomic E-state index is 2.44. The predicted octanol–water partition coefficient (Wildman–Crippen LogP) is 17.9. The van der Waals surface area contributed by atoms with Crippen LogP contribution in [0.25, 0.3) is 104 Å². The molecule has 1 aromatic heterocycles. The van der Waals surface area contributed by atoms with Gasteiger partial charge in [-0.25, -0.2) is 0 Å². The molecule has 13 rings (SSSR count). The number of nitrogens with zero attached hydrogens (tertiary/aromatic N) is 2. The van der Waals surface area contributed by atoms with E-state index in [-0.39, 0.29) is 0 Å². The summed E-state index contributed by atoms with van der Waals surface area (Å²) in [7, 11) is 0. The summed E-state index contributed by atoms with van der Waals surface area (Å²) in [6, 6.07) is 93.3. The molecule has 0 spiro atoms. The molecule has 12 aromatic carbocycles. The van der Waals surface area contributed by atoms with Crippen molar-refractivity contribution in [3.05, 3.63) is 255 Å². The number of hydrogen-bond acceptors (Lipinski definition) is 1. The molecule has 0 unspecified atom stereocenters. The first-order chi connectivity index (χ1) is 32.7. The van der Waals surface area contributed by atoms with Crippen LogP contribution in [0.15, 0.2) is 255 Å². The van der Waals surface area contributed by atoms with Crippen LogP contribution in [0.2, 0.25) is 0 Å². The Balaban J connectivity index is 0.945. The Hall–Kier alpha value is -8.72. The number of para-hydroxylation sites is 1.